The maximum absolute atomic E-state index is 11.7. The van der Waals surface area contributed by atoms with Gasteiger partial charge in [0.1, 0.15) is 0 Å². The van der Waals surface area contributed by atoms with Crippen molar-refractivity contribution in [3.05, 3.63) is 0 Å². The van der Waals surface area contributed by atoms with Gasteiger partial charge in [-0.3, -0.25) is 9.69 Å². The zero-order chi connectivity index (χ0) is 14.1. The molecule has 0 unspecified atom stereocenters. The number of nitrogens with two attached hydrogens (primary N) is 1. The number of hydrogen-bond donors (Lipinski definition) is 2. The third-order valence-electron chi connectivity index (χ3n) is 3.15. The molecule has 1 saturated heterocycles. The van der Waals surface area contributed by atoms with Gasteiger partial charge in [0.2, 0.25) is 5.91 Å². The fraction of sp³-hybridized carbons (Fsp3) is 0.846. The summed E-state index contributed by atoms with van der Waals surface area (Å²) in [6.45, 7) is 5.86. The summed E-state index contributed by atoms with van der Waals surface area (Å²) in [6, 6.07) is 0.279. The molecule has 0 radical (unpaired) electrons. The molecule has 0 spiro atoms. The Morgan fingerprint density at radius 3 is 2.68 bits per heavy atom. The van der Waals surface area contributed by atoms with Crippen LogP contribution in [-0.2, 0) is 9.53 Å². The molecule has 0 aromatic carbocycles. The van der Waals surface area contributed by atoms with Gasteiger partial charge in [-0.1, -0.05) is 19.1 Å². The molecule has 6 heteroatoms. The number of nitrogens with one attached hydrogen (secondary N) is 1. The van der Waals surface area contributed by atoms with Crippen LogP contribution in [0.5, 0.6) is 0 Å². The molecule has 1 fully saturated rings. The maximum Gasteiger partial charge on any atom is 0.222 e. The number of hydrogen-bond acceptors (Lipinski definition) is 4. The quantitative estimate of drug-likeness (QED) is 0.507. The Morgan fingerprint density at radius 1 is 1.42 bits per heavy atom. The molecule has 0 aromatic heterocycles. The van der Waals surface area contributed by atoms with E-state index in [0.29, 0.717) is 24.6 Å². The van der Waals surface area contributed by atoms with Gasteiger partial charge in [-0.15, -0.1) is 0 Å². The van der Waals surface area contributed by atoms with Crippen molar-refractivity contribution in [3.8, 4) is 0 Å². The van der Waals surface area contributed by atoms with Crippen molar-refractivity contribution in [1.29, 1.82) is 0 Å². The topological polar surface area (TPSA) is 67.6 Å². The first kappa shape index (κ1) is 16.3. The first-order chi connectivity index (χ1) is 9.11. The fourth-order valence-corrected chi connectivity index (χ4v) is 2.35. The van der Waals surface area contributed by atoms with Crippen molar-refractivity contribution in [1.82, 2.24) is 10.2 Å². The normalized spacial score (nSPS) is 17.3. The van der Waals surface area contributed by atoms with E-state index in [2.05, 4.69) is 17.1 Å². The monoisotopic (exact) mass is 287 g/mol. The highest BCUT2D eigenvalue weighted by Crippen LogP contribution is 2.10. The van der Waals surface area contributed by atoms with Crippen molar-refractivity contribution >= 4 is 23.1 Å². The molecule has 1 rings (SSSR count). The Labute approximate surface area is 120 Å². The molecule has 110 valence electrons. The largest absolute Gasteiger partial charge is 0.392 e. The average molecular weight is 287 g/mol. The van der Waals surface area contributed by atoms with E-state index >= 15 is 0 Å². The van der Waals surface area contributed by atoms with Crippen LogP contribution in [0.15, 0.2) is 0 Å². The van der Waals surface area contributed by atoms with Crippen LogP contribution < -0.4 is 11.1 Å². The highest BCUT2D eigenvalue weighted by atomic mass is 32.1. The molecule has 1 aliphatic rings. The van der Waals surface area contributed by atoms with E-state index in [1.165, 1.54) is 0 Å². The van der Waals surface area contributed by atoms with Gasteiger partial charge in [-0.25, -0.2) is 0 Å². The molecule has 3 N–H and O–H groups in total. The Hall–Kier alpha value is -0.720. The molecule has 0 aromatic rings. The number of thiocarbonyl (C=S) groups is 1. The van der Waals surface area contributed by atoms with E-state index in [4.69, 9.17) is 22.7 Å². The van der Waals surface area contributed by atoms with Crippen LogP contribution in [0, 0.1) is 0 Å². The lowest BCUT2D eigenvalue weighted by Gasteiger charge is -2.31. The Morgan fingerprint density at radius 2 is 2.11 bits per heavy atom. The SMILES string of the molecule is CCCOCCC(=O)NC1CCN(CC(N)=S)CC1. The van der Waals surface area contributed by atoms with Gasteiger partial charge in [0.25, 0.3) is 0 Å². The molecular formula is C13H25N3O2S. The van der Waals surface area contributed by atoms with Gasteiger partial charge in [0.05, 0.1) is 11.6 Å². The first-order valence-electron chi connectivity index (χ1n) is 6.99. The Balaban J connectivity index is 2.11. The zero-order valence-corrected chi connectivity index (χ0v) is 12.5. The molecular weight excluding hydrogens is 262 g/mol. The predicted octanol–water partition coefficient (Wildman–Crippen LogP) is 0.670. The van der Waals surface area contributed by atoms with Gasteiger partial charge >= 0.3 is 0 Å². The van der Waals surface area contributed by atoms with E-state index in [-0.39, 0.29) is 11.9 Å². The molecule has 1 heterocycles. The van der Waals surface area contributed by atoms with Crippen LogP contribution in [0.3, 0.4) is 0 Å². The molecule has 19 heavy (non-hydrogen) atoms. The van der Waals surface area contributed by atoms with Crippen LogP contribution in [0.25, 0.3) is 0 Å². The van der Waals surface area contributed by atoms with Crippen molar-refractivity contribution in [2.75, 3.05) is 32.8 Å². The number of amides is 1. The van der Waals surface area contributed by atoms with Crippen molar-refractivity contribution in [3.63, 3.8) is 0 Å². The first-order valence-corrected chi connectivity index (χ1v) is 7.40. The van der Waals surface area contributed by atoms with Crippen molar-refractivity contribution in [2.24, 2.45) is 5.73 Å². The lowest BCUT2D eigenvalue weighted by Crippen LogP contribution is -2.46. The van der Waals surface area contributed by atoms with Crippen LogP contribution in [0.2, 0.25) is 0 Å². The summed E-state index contributed by atoms with van der Waals surface area (Å²) in [5, 5.41) is 3.06. The number of nitrogens with zero attached hydrogens (tertiary/aromatic N) is 1. The molecule has 1 aliphatic heterocycles. The van der Waals surface area contributed by atoms with Gasteiger partial charge in [-0.2, -0.15) is 0 Å². The summed E-state index contributed by atoms with van der Waals surface area (Å²) in [4.78, 5) is 14.5. The van der Waals surface area contributed by atoms with E-state index in [9.17, 15) is 4.79 Å². The maximum atomic E-state index is 11.7. The minimum absolute atomic E-state index is 0.0869. The smallest absolute Gasteiger partial charge is 0.222 e. The molecule has 0 saturated carbocycles. The summed E-state index contributed by atoms with van der Waals surface area (Å²) >= 11 is 4.90. The van der Waals surface area contributed by atoms with E-state index < -0.39 is 0 Å². The second kappa shape index (κ2) is 9.23. The summed E-state index contributed by atoms with van der Waals surface area (Å²) in [6.07, 6.45) is 3.37. The van der Waals surface area contributed by atoms with E-state index in [1.807, 2.05) is 0 Å². The number of rotatable bonds is 8. The van der Waals surface area contributed by atoms with Crippen LogP contribution in [0.4, 0.5) is 0 Å². The van der Waals surface area contributed by atoms with Gasteiger partial charge < -0.3 is 15.8 Å². The number of piperidine rings is 1. The molecule has 5 nitrogen and oxygen atoms in total. The van der Waals surface area contributed by atoms with Crippen LogP contribution >= 0.6 is 12.2 Å². The van der Waals surface area contributed by atoms with Crippen LogP contribution in [-0.4, -0.2) is 54.7 Å². The zero-order valence-electron chi connectivity index (χ0n) is 11.7. The number of carbonyl (C=O) groups excluding carboxylic acids is 1. The average Bonchev–Trinajstić information content (AvgIpc) is 2.36. The molecule has 0 bridgehead atoms. The summed E-state index contributed by atoms with van der Waals surface area (Å²) in [5.74, 6) is 0.0869. The van der Waals surface area contributed by atoms with Crippen molar-refractivity contribution in [2.45, 2.75) is 38.6 Å². The fourth-order valence-electron chi connectivity index (χ4n) is 2.17. The molecule has 1 amide bonds. The summed E-state index contributed by atoms with van der Waals surface area (Å²) in [7, 11) is 0. The number of likely N-dealkylation sites (tertiary alicyclic amines) is 1. The summed E-state index contributed by atoms with van der Waals surface area (Å²) in [5.41, 5.74) is 5.52. The van der Waals surface area contributed by atoms with Gasteiger partial charge in [0.15, 0.2) is 0 Å². The van der Waals surface area contributed by atoms with E-state index in [1.54, 1.807) is 0 Å². The number of carbonyl (C=O) groups is 1. The number of ether oxygens (including phenoxy) is 1. The third-order valence-corrected chi connectivity index (χ3v) is 3.28. The van der Waals surface area contributed by atoms with Crippen molar-refractivity contribution < 1.29 is 9.53 Å². The molecule has 0 atom stereocenters. The Bertz CT molecular complexity index is 292. The lowest BCUT2D eigenvalue weighted by atomic mass is 10.0. The minimum Gasteiger partial charge on any atom is -0.392 e. The lowest BCUT2D eigenvalue weighted by molar-refractivity contribution is -0.123. The van der Waals surface area contributed by atoms with Gasteiger partial charge in [0, 0.05) is 38.7 Å². The molecule has 0 aliphatic carbocycles. The van der Waals surface area contributed by atoms with Crippen LogP contribution in [0.1, 0.15) is 32.6 Å². The highest BCUT2D eigenvalue weighted by Gasteiger charge is 2.20. The third kappa shape index (κ3) is 7.44. The highest BCUT2D eigenvalue weighted by molar-refractivity contribution is 7.80. The predicted molar refractivity (Wildman–Crippen MR) is 80.1 cm³/mol. The van der Waals surface area contributed by atoms with Gasteiger partial charge in [-0.05, 0) is 19.3 Å². The standard InChI is InChI=1S/C13H25N3O2S/c1-2-8-18-9-5-13(17)15-11-3-6-16(7-4-11)10-12(14)19/h11H,2-10H2,1H3,(H2,14,19)(H,15,17). The summed E-state index contributed by atoms with van der Waals surface area (Å²) < 4.78 is 5.31. The Kier molecular flexibility index (Phi) is 7.93. The second-order valence-electron chi connectivity index (χ2n) is 4.95. The minimum atomic E-state index is 0.0869. The second-order valence-corrected chi connectivity index (χ2v) is 5.47. The van der Waals surface area contributed by atoms with E-state index in [0.717, 1.165) is 39.0 Å².